The standard InChI is InChI=1S/C21H24N4O2S/c1-21(2,3)15-10-11-17(27-4)16(12-15)22-18(26)13-28-20-23-19(24-25-20)14-8-6-5-7-9-14/h5-12H,13H2,1-4H3,(H,22,26)(H,23,24,25). The summed E-state index contributed by atoms with van der Waals surface area (Å²) in [6.45, 7) is 6.39. The number of amides is 1. The number of H-pyrrole nitrogens is 1. The Hall–Kier alpha value is -2.80. The van der Waals surface area contributed by atoms with E-state index in [-0.39, 0.29) is 17.1 Å². The van der Waals surface area contributed by atoms with Gasteiger partial charge in [-0.15, -0.1) is 5.10 Å². The van der Waals surface area contributed by atoms with E-state index in [2.05, 4.69) is 41.3 Å². The molecule has 0 atom stereocenters. The molecule has 3 rings (SSSR count). The number of aromatic nitrogens is 3. The van der Waals surface area contributed by atoms with E-state index in [9.17, 15) is 4.79 Å². The van der Waals surface area contributed by atoms with E-state index >= 15 is 0 Å². The number of nitrogens with one attached hydrogen (secondary N) is 2. The number of ether oxygens (including phenoxy) is 1. The molecule has 0 spiro atoms. The van der Waals surface area contributed by atoms with Gasteiger partial charge in [0.25, 0.3) is 0 Å². The molecule has 28 heavy (non-hydrogen) atoms. The first-order valence-electron chi connectivity index (χ1n) is 8.96. The molecule has 7 heteroatoms. The van der Waals surface area contributed by atoms with Crippen LogP contribution in [0.15, 0.2) is 53.7 Å². The number of hydrogen-bond donors (Lipinski definition) is 2. The second-order valence-electron chi connectivity index (χ2n) is 7.33. The Morgan fingerprint density at radius 2 is 1.93 bits per heavy atom. The van der Waals surface area contributed by atoms with Crippen molar-refractivity contribution in [2.75, 3.05) is 18.2 Å². The summed E-state index contributed by atoms with van der Waals surface area (Å²) < 4.78 is 5.38. The van der Waals surface area contributed by atoms with Gasteiger partial charge in [-0.1, -0.05) is 68.9 Å². The number of thioether (sulfide) groups is 1. The van der Waals surface area contributed by atoms with Crippen molar-refractivity contribution in [3.05, 3.63) is 54.1 Å². The summed E-state index contributed by atoms with van der Waals surface area (Å²) in [6, 6.07) is 15.6. The van der Waals surface area contributed by atoms with Gasteiger partial charge in [-0.05, 0) is 23.1 Å². The van der Waals surface area contributed by atoms with Gasteiger partial charge in [-0.3, -0.25) is 9.89 Å². The number of benzene rings is 2. The smallest absolute Gasteiger partial charge is 0.234 e. The van der Waals surface area contributed by atoms with Gasteiger partial charge in [0, 0.05) is 5.56 Å². The third kappa shape index (κ3) is 4.92. The average Bonchev–Trinajstić information content (AvgIpc) is 3.15. The Kier molecular flexibility index (Phi) is 6.04. The molecule has 3 aromatic rings. The van der Waals surface area contributed by atoms with E-state index in [1.807, 2.05) is 48.5 Å². The lowest BCUT2D eigenvalue weighted by molar-refractivity contribution is -0.113. The first-order chi connectivity index (χ1) is 13.4. The molecule has 0 radical (unpaired) electrons. The predicted octanol–water partition coefficient (Wildman–Crippen LogP) is 4.51. The Labute approximate surface area is 169 Å². The van der Waals surface area contributed by atoms with Crippen molar-refractivity contribution in [3.63, 3.8) is 0 Å². The van der Waals surface area contributed by atoms with E-state index in [1.54, 1.807) is 7.11 Å². The van der Waals surface area contributed by atoms with Crippen LogP contribution >= 0.6 is 11.8 Å². The van der Waals surface area contributed by atoms with E-state index in [4.69, 9.17) is 4.74 Å². The zero-order chi connectivity index (χ0) is 20.1. The molecule has 0 aliphatic heterocycles. The number of anilines is 1. The maximum Gasteiger partial charge on any atom is 0.234 e. The van der Waals surface area contributed by atoms with Crippen LogP contribution in [0.2, 0.25) is 0 Å². The molecule has 0 saturated heterocycles. The third-order valence-electron chi connectivity index (χ3n) is 4.18. The third-order valence-corrected chi connectivity index (χ3v) is 5.03. The van der Waals surface area contributed by atoms with Gasteiger partial charge in [-0.2, -0.15) is 0 Å². The van der Waals surface area contributed by atoms with Crippen LogP contribution in [0.25, 0.3) is 11.4 Å². The van der Waals surface area contributed by atoms with Crippen molar-refractivity contribution in [2.45, 2.75) is 31.3 Å². The molecule has 1 aromatic heterocycles. The first kappa shape index (κ1) is 19.9. The van der Waals surface area contributed by atoms with Crippen LogP contribution in [0.5, 0.6) is 5.75 Å². The van der Waals surface area contributed by atoms with Gasteiger partial charge in [0.2, 0.25) is 11.1 Å². The fourth-order valence-corrected chi connectivity index (χ4v) is 3.22. The molecule has 0 aliphatic carbocycles. The van der Waals surface area contributed by atoms with Gasteiger partial charge < -0.3 is 10.1 Å². The molecule has 0 saturated carbocycles. The second kappa shape index (κ2) is 8.48. The molecular formula is C21H24N4O2S. The SMILES string of the molecule is COc1ccc(C(C)(C)C)cc1NC(=O)CSc1n[nH]c(-c2ccccc2)n1. The molecule has 146 valence electrons. The maximum atomic E-state index is 12.4. The Morgan fingerprint density at radius 1 is 1.18 bits per heavy atom. The van der Waals surface area contributed by atoms with Crippen LogP contribution in [0.3, 0.4) is 0 Å². The highest BCUT2D eigenvalue weighted by atomic mass is 32.2. The van der Waals surface area contributed by atoms with Gasteiger partial charge in [0.15, 0.2) is 5.82 Å². The highest BCUT2D eigenvalue weighted by Gasteiger charge is 2.17. The van der Waals surface area contributed by atoms with E-state index in [1.165, 1.54) is 11.8 Å². The molecule has 0 unspecified atom stereocenters. The predicted molar refractivity (Wildman–Crippen MR) is 113 cm³/mol. The van der Waals surface area contributed by atoms with Gasteiger partial charge in [0.1, 0.15) is 5.75 Å². The molecule has 2 N–H and O–H groups in total. The summed E-state index contributed by atoms with van der Waals surface area (Å²) in [6.07, 6.45) is 0. The molecule has 2 aromatic carbocycles. The van der Waals surface area contributed by atoms with Crippen molar-refractivity contribution < 1.29 is 9.53 Å². The van der Waals surface area contributed by atoms with Gasteiger partial charge in [-0.25, -0.2) is 4.98 Å². The van der Waals surface area contributed by atoms with Crippen molar-refractivity contribution in [3.8, 4) is 17.1 Å². The Balaban J connectivity index is 1.64. The zero-order valence-electron chi connectivity index (χ0n) is 16.4. The fraction of sp³-hybridized carbons (Fsp3) is 0.286. The highest BCUT2D eigenvalue weighted by Crippen LogP contribution is 2.31. The van der Waals surface area contributed by atoms with Crippen LogP contribution in [-0.2, 0) is 10.2 Å². The molecule has 0 aliphatic rings. The topological polar surface area (TPSA) is 79.9 Å². The summed E-state index contributed by atoms with van der Waals surface area (Å²) in [5.74, 6) is 1.38. The van der Waals surface area contributed by atoms with Crippen LogP contribution in [0.1, 0.15) is 26.3 Å². The zero-order valence-corrected chi connectivity index (χ0v) is 17.3. The minimum atomic E-state index is -0.138. The van der Waals surface area contributed by atoms with Gasteiger partial charge in [0.05, 0.1) is 18.6 Å². The molecule has 1 amide bonds. The van der Waals surface area contributed by atoms with Crippen LogP contribution < -0.4 is 10.1 Å². The summed E-state index contributed by atoms with van der Waals surface area (Å²) in [5, 5.41) is 10.5. The number of carbonyl (C=O) groups is 1. The van der Waals surface area contributed by atoms with Crippen molar-refractivity contribution >= 4 is 23.4 Å². The summed E-state index contributed by atoms with van der Waals surface area (Å²) in [5.41, 5.74) is 2.72. The van der Waals surface area contributed by atoms with Crippen LogP contribution in [-0.4, -0.2) is 34.0 Å². The van der Waals surface area contributed by atoms with E-state index in [0.29, 0.717) is 22.4 Å². The molecule has 0 fully saturated rings. The number of carbonyl (C=O) groups excluding carboxylic acids is 1. The van der Waals surface area contributed by atoms with Crippen molar-refractivity contribution in [1.29, 1.82) is 0 Å². The highest BCUT2D eigenvalue weighted by molar-refractivity contribution is 7.99. The fourth-order valence-electron chi connectivity index (χ4n) is 2.62. The lowest BCUT2D eigenvalue weighted by atomic mass is 9.87. The first-order valence-corrected chi connectivity index (χ1v) is 9.94. The monoisotopic (exact) mass is 396 g/mol. The number of rotatable bonds is 6. The second-order valence-corrected chi connectivity index (χ2v) is 8.28. The van der Waals surface area contributed by atoms with Gasteiger partial charge >= 0.3 is 0 Å². The molecule has 1 heterocycles. The molecule has 6 nitrogen and oxygen atoms in total. The number of nitrogens with zero attached hydrogens (tertiary/aromatic N) is 2. The molecular weight excluding hydrogens is 372 g/mol. The van der Waals surface area contributed by atoms with Crippen molar-refractivity contribution in [2.24, 2.45) is 0 Å². The maximum absolute atomic E-state index is 12.4. The summed E-state index contributed by atoms with van der Waals surface area (Å²) >= 11 is 1.28. The minimum absolute atomic E-state index is 0.0205. The summed E-state index contributed by atoms with van der Waals surface area (Å²) in [4.78, 5) is 16.9. The Bertz CT molecular complexity index is 949. The number of methoxy groups -OCH3 is 1. The Morgan fingerprint density at radius 3 is 2.61 bits per heavy atom. The quantitative estimate of drug-likeness (QED) is 0.599. The lowest BCUT2D eigenvalue weighted by Crippen LogP contribution is -2.17. The number of aromatic amines is 1. The average molecular weight is 397 g/mol. The van der Waals surface area contributed by atoms with Crippen LogP contribution in [0, 0.1) is 0 Å². The van der Waals surface area contributed by atoms with E-state index < -0.39 is 0 Å². The van der Waals surface area contributed by atoms with Crippen LogP contribution in [0.4, 0.5) is 5.69 Å². The normalized spacial score (nSPS) is 11.3. The minimum Gasteiger partial charge on any atom is -0.495 e. The largest absolute Gasteiger partial charge is 0.495 e. The van der Waals surface area contributed by atoms with Crippen molar-refractivity contribution in [1.82, 2.24) is 15.2 Å². The number of hydrogen-bond acceptors (Lipinski definition) is 5. The van der Waals surface area contributed by atoms with E-state index in [0.717, 1.165) is 11.1 Å². The summed E-state index contributed by atoms with van der Waals surface area (Å²) in [7, 11) is 1.59. The lowest BCUT2D eigenvalue weighted by Gasteiger charge is -2.21. The molecule has 0 bridgehead atoms.